The molecule has 0 bridgehead atoms. The predicted octanol–water partition coefficient (Wildman–Crippen LogP) is 2.82. The maximum atomic E-state index is 13.4. The van der Waals surface area contributed by atoms with E-state index in [1.807, 2.05) is 0 Å². The summed E-state index contributed by atoms with van der Waals surface area (Å²) in [4.78, 5) is 21.7. The van der Waals surface area contributed by atoms with Crippen molar-refractivity contribution >= 4 is 17.4 Å². The molecule has 90 valence electrons. The zero-order valence-corrected chi connectivity index (χ0v) is 8.97. The number of allylic oxidation sites excluding steroid dienone is 1. The standard InChI is InChI=1S/C12H9F3O2/c1-7(16)5-8(17)6-11(14)9-3-2-4-10(13)12(9)15/h2-4,6H,5H2,1H3. The summed E-state index contributed by atoms with van der Waals surface area (Å²) in [6.45, 7) is 1.17. The molecule has 0 fully saturated rings. The zero-order valence-electron chi connectivity index (χ0n) is 8.97. The first-order valence-corrected chi connectivity index (χ1v) is 4.75. The van der Waals surface area contributed by atoms with Crippen LogP contribution in [-0.2, 0) is 9.59 Å². The van der Waals surface area contributed by atoms with E-state index in [2.05, 4.69) is 0 Å². The Bertz CT molecular complexity index is 493. The van der Waals surface area contributed by atoms with E-state index in [0.29, 0.717) is 6.08 Å². The molecular formula is C12H9F3O2. The van der Waals surface area contributed by atoms with E-state index in [1.54, 1.807) is 0 Å². The van der Waals surface area contributed by atoms with Crippen LogP contribution < -0.4 is 0 Å². The van der Waals surface area contributed by atoms with Crippen molar-refractivity contribution in [1.82, 2.24) is 0 Å². The maximum Gasteiger partial charge on any atom is 0.168 e. The van der Waals surface area contributed by atoms with Gasteiger partial charge in [-0.25, -0.2) is 13.2 Å². The van der Waals surface area contributed by atoms with Gasteiger partial charge in [-0.15, -0.1) is 0 Å². The van der Waals surface area contributed by atoms with Crippen molar-refractivity contribution in [2.24, 2.45) is 0 Å². The van der Waals surface area contributed by atoms with Crippen LogP contribution in [0.2, 0.25) is 0 Å². The fourth-order valence-corrected chi connectivity index (χ4v) is 1.20. The first-order valence-electron chi connectivity index (χ1n) is 4.75. The number of hydrogen-bond acceptors (Lipinski definition) is 2. The summed E-state index contributed by atoms with van der Waals surface area (Å²) in [5.41, 5.74) is -0.637. The highest BCUT2D eigenvalue weighted by Crippen LogP contribution is 2.21. The minimum atomic E-state index is -1.36. The molecule has 0 aliphatic heterocycles. The molecule has 0 aliphatic rings. The highest BCUT2D eigenvalue weighted by molar-refractivity contribution is 6.06. The third-order valence-corrected chi connectivity index (χ3v) is 1.92. The summed E-state index contributed by atoms with van der Waals surface area (Å²) >= 11 is 0. The van der Waals surface area contributed by atoms with Gasteiger partial charge in [-0.1, -0.05) is 6.07 Å². The van der Waals surface area contributed by atoms with Crippen molar-refractivity contribution < 1.29 is 22.8 Å². The van der Waals surface area contributed by atoms with Crippen LogP contribution in [0.4, 0.5) is 13.2 Å². The Kier molecular flexibility index (Phi) is 4.20. The molecule has 0 aromatic heterocycles. The molecule has 0 heterocycles. The Labute approximate surface area is 95.8 Å². The van der Waals surface area contributed by atoms with Crippen LogP contribution in [0.25, 0.3) is 5.83 Å². The minimum absolute atomic E-state index is 0.432. The first-order chi connectivity index (χ1) is 7.91. The van der Waals surface area contributed by atoms with E-state index in [9.17, 15) is 22.8 Å². The van der Waals surface area contributed by atoms with Crippen LogP contribution in [0.5, 0.6) is 0 Å². The van der Waals surface area contributed by atoms with Crippen molar-refractivity contribution in [1.29, 1.82) is 0 Å². The molecule has 0 spiro atoms. The molecule has 1 rings (SSSR count). The maximum absolute atomic E-state index is 13.4. The van der Waals surface area contributed by atoms with Crippen molar-refractivity contribution in [2.45, 2.75) is 13.3 Å². The Morgan fingerprint density at radius 2 is 1.94 bits per heavy atom. The van der Waals surface area contributed by atoms with Gasteiger partial charge in [-0.05, 0) is 19.1 Å². The van der Waals surface area contributed by atoms with Crippen LogP contribution in [0.1, 0.15) is 18.9 Å². The lowest BCUT2D eigenvalue weighted by molar-refractivity contribution is -0.123. The zero-order chi connectivity index (χ0) is 13.0. The molecular weight excluding hydrogens is 233 g/mol. The minimum Gasteiger partial charge on any atom is -0.300 e. The number of ketones is 2. The van der Waals surface area contributed by atoms with E-state index >= 15 is 0 Å². The van der Waals surface area contributed by atoms with Gasteiger partial charge in [0, 0.05) is 11.6 Å². The van der Waals surface area contributed by atoms with Crippen molar-refractivity contribution in [3.05, 3.63) is 41.5 Å². The summed E-state index contributed by atoms with van der Waals surface area (Å²) < 4.78 is 39.3. The molecule has 0 amide bonds. The second-order valence-corrected chi connectivity index (χ2v) is 3.44. The van der Waals surface area contributed by atoms with Crippen molar-refractivity contribution in [3.63, 3.8) is 0 Å². The van der Waals surface area contributed by atoms with E-state index in [4.69, 9.17) is 0 Å². The number of halogens is 3. The third-order valence-electron chi connectivity index (χ3n) is 1.92. The van der Waals surface area contributed by atoms with Gasteiger partial charge in [0.05, 0.1) is 6.42 Å². The molecule has 0 unspecified atom stereocenters. The highest BCUT2D eigenvalue weighted by Gasteiger charge is 2.13. The lowest BCUT2D eigenvalue weighted by Crippen LogP contribution is -2.01. The highest BCUT2D eigenvalue weighted by atomic mass is 19.2. The quantitative estimate of drug-likeness (QED) is 0.601. The van der Waals surface area contributed by atoms with Crippen LogP contribution in [0, 0.1) is 11.6 Å². The number of rotatable bonds is 4. The summed E-state index contributed by atoms with van der Waals surface area (Å²) in [5, 5.41) is 0. The Balaban J connectivity index is 3.00. The smallest absolute Gasteiger partial charge is 0.168 e. The molecule has 0 radical (unpaired) electrons. The van der Waals surface area contributed by atoms with Crippen LogP contribution >= 0.6 is 0 Å². The number of carbonyl (C=O) groups excluding carboxylic acids is 2. The van der Waals surface area contributed by atoms with Gasteiger partial charge in [0.25, 0.3) is 0 Å². The van der Waals surface area contributed by atoms with Crippen LogP contribution in [-0.4, -0.2) is 11.6 Å². The van der Waals surface area contributed by atoms with Crippen molar-refractivity contribution in [2.75, 3.05) is 0 Å². The molecule has 0 aliphatic carbocycles. The van der Waals surface area contributed by atoms with Gasteiger partial charge in [0.15, 0.2) is 17.4 Å². The molecule has 5 heteroatoms. The lowest BCUT2D eigenvalue weighted by Gasteiger charge is -2.00. The fraction of sp³-hybridized carbons (Fsp3) is 0.167. The van der Waals surface area contributed by atoms with Crippen LogP contribution in [0.15, 0.2) is 24.3 Å². The Morgan fingerprint density at radius 1 is 1.29 bits per heavy atom. The molecule has 0 N–H and O–H groups in total. The van der Waals surface area contributed by atoms with Gasteiger partial charge in [0.2, 0.25) is 0 Å². The SMILES string of the molecule is CC(=O)CC(=O)C=C(F)c1cccc(F)c1F. The number of benzene rings is 1. The predicted molar refractivity (Wildman–Crippen MR) is 55.7 cm³/mol. The molecule has 17 heavy (non-hydrogen) atoms. The van der Waals surface area contributed by atoms with E-state index in [1.165, 1.54) is 6.92 Å². The number of hydrogen-bond donors (Lipinski definition) is 0. The summed E-state index contributed by atoms with van der Waals surface area (Å²) in [6.07, 6.45) is 0.0175. The van der Waals surface area contributed by atoms with E-state index < -0.39 is 41.0 Å². The van der Waals surface area contributed by atoms with Crippen LogP contribution in [0.3, 0.4) is 0 Å². The summed E-state index contributed by atoms with van der Waals surface area (Å²) in [7, 11) is 0. The molecule has 0 atom stereocenters. The van der Waals surface area contributed by atoms with E-state index in [-0.39, 0.29) is 0 Å². The normalized spacial score (nSPS) is 11.4. The second-order valence-electron chi connectivity index (χ2n) is 3.44. The van der Waals surface area contributed by atoms with Gasteiger partial charge in [-0.2, -0.15) is 0 Å². The molecule has 1 aromatic rings. The average molecular weight is 242 g/mol. The average Bonchev–Trinajstić information content (AvgIpc) is 2.20. The second kappa shape index (κ2) is 5.43. The topological polar surface area (TPSA) is 34.1 Å². The number of carbonyl (C=O) groups is 2. The fourth-order valence-electron chi connectivity index (χ4n) is 1.20. The van der Waals surface area contributed by atoms with Crippen molar-refractivity contribution in [3.8, 4) is 0 Å². The Hall–Kier alpha value is -1.91. The Morgan fingerprint density at radius 3 is 2.53 bits per heavy atom. The van der Waals surface area contributed by atoms with Gasteiger partial charge in [0.1, 0.15) is 11.6 Å². The summed E-state index contributed by atoms with van der Waals surface area (Å²) in [5.74, 6) is -4.99. The summed E-state index contributed by atoms with van der Waals surface area (Å²) in [6, 6.07) is 2.96. The molecule has 1 aromatic carbocycles. The number of Topliss-reactive ketones (excluding diaryl/α,β-unsaturated/α-hetero) is 1. The largest absolute Gasteiger partial charge is 0.300 e. The van der Waals surface area contributed by atoms with E-state index in [0.717, 1.165) is 18.2 Å². The molecule has 2 nitrogen and oxygen atoms in total. The first kappa shape index (κ1) is 13.2. The van der Waals surface area contributed by atoms with Gasteiger partial charge < -0.3 is 0 Å². The lowest BCUT2D eigenvalue weighted by atomic mass is 10.1. The van der Waals surface area contributed by atoms with Gasteiger partial charge >= 0.3 is 0 Å². The molecule has 0 saturated heterocycles. The monoisotopic (exact) mass is 242 g/mol. The third kappa shape index (κ3) is 3.55. The van der Waals surface area contributed by atoms with Gasteiger partial charge in [-0.3, -0.25) is 9.59 Å². The molecule has 0 saturated carbocycles.